The molecule has 0 aromatic heterocycles. The number of carbonyl (C=O) groups excluding carboxylic acids is 2. The molecule has 3 aromatic rings. The van der Waals surface area contributed by atoms with E-state index in [9.17, 15) is 9.59 Å². The Bertz CT molecular complexity index is 1170. The van der Waals surface area contributed by atoms with Crippen molar-refractivity contribution >= 4 is 29.7 Å². The molecule has 0 saturated heterocycles. The van der Waals surface area contributed by atoms with Crippen LogP contribution < -0.4 is 9.46 Å². The molecular formula is C29H34N2O5S. The van der Waals surface area contributed by atoms with E-state index >= 15 is 0 Å². The van der Waals surface area contributed by atoms with Crippen LogP contribution in [0, 0.1) is 0 Å². The number of benzene rings is 3. The summed E-state index contributed by atoms with van der Waals surface area (Å²) in [6, 6.07) is 23.1. The Morgan fingerprint density at radius 1 is 1.00 bits per heavy atom. The molecule has 0 heterocycles. The quantitative estimate of drug-likeness (QED) is 0.216. The van der Waals surface area contributed by atoms with Crippen molar-refractivity contribution in [3.63, 3.8) is 0 Å². The van der Waals surface area contributed by atoms with Crippen LogP contribution in [-0.4, -0.2) is 43.0 Å². The summed E-state index contributed by atoms with van der Waals surface area (Å²) in [7, 11) is 1.39. The summed E-state index contributed by atoms with van der Waals surface area (Å²) < 4.78 is 19.7. The second-order valence-corrected chi connectivity index (χ2v) is 9.11. The molecule has 8 heteroatoms. The van der Waals surface area contributed by atoms with Crippen LogP contribution in [0.2, 0.25) is 0 Å². The van der Waals surface area contributed by atoms with Gasteiger partial charge >= 0.3 is 12.1 Å². The Kier molecular flexibility index (Phi) is 10.7. The third-order valence-corrected chi connectivity index (χ3v) is 6.16. The second-order valence-electron chi connectivity index (χ2n) is 8.50. The third kappa shape index (κ3) is 8.46. The van der Waals surface area contributed by atoms with Crippen molar-refractivity contribution in [2.45, 2.75) is 39.3 Å². The van der Waals surface area contributed by atoms with Gasteiger partial charge in [-0.3, -0.25) is 4.79 Å². The van der Waals surface area contributed by atoms with Crippen LogP contribution in [0.3, 0.4) is 0 Å². The molecule has 0 fully saturated rings. The molecule has 0 spiro atoms. The lowest BCUT2D eigenvalue weighted by Gasteiger charge is -2.29. The predicted molar refractivity (Wildman–Crippen MR) is 148 cm³/mol. The molecule has 37 heavy (non-hydrogen) atoms. The number of hydrogen-bond acceptors (Lipinski definition) is 7. The Hall–Kier alpha value is -3.65. The number of nitrogens with one attached hydrogen (secondary N) is 1. The van der Waals surface area contributed by atoms with Gasteiger partial charge in [0.05, 0.1) is 26.7 Å². The van der Waals surface area contributed by atoms with Gasteiger partial charge in [-0.2, -0.15) is 0 Å². The minimum Gasteiger partial charge on any atom is -0.466 e. The van der Waals surface area contributed by atoms with Crippen molar-refractivity contribution in [2.75, 3.05) is 24.7 Å². The molecule has 196 valence electrons. The van der Waals surface area contributed by atoms with Crippen LogP contribution in [0.5, 0.6) is 11.5 Å². The number of nitrogens with zero attached hydrogens (tertiary/aromatic N) is 1. The van der Waals surface area contributed by atoms with Gasteiger partial charge in [0.2, 0.25) is 0 Å². The number of amides is 1. The molecule has 7 nitrogen and oxygen atoms in total. The number of methoxy groups -OCH3 is 1. The SMILES string of the molecule is CCOC(=O)Cc1cccc(Oc2ccc(NSC)cc2CN(C(=O)OC)[C@@H](C)Cc2ccccc2)c1. The number of hydrogen-bond donors (Lipinski definition) is 1. The largest absolute Gasteiger partial charge is 0.466 e. The number of anilines is 1. The first-order chi connectivity index (χ1) is 17.9. The number of carbonyl (C=O) groups is 2. The minimum absolute atomic E-state index is 0.118. The number of ether oxygens (including phenoxy) is 3. The predicted octanol–water partition coefficient (Wildman–Crippen LogP) is 6.47. The molecule has 1 atom stereocenters. The maximum absolute atomic E-state index is 12.8. The zero-order valence-corrected chi connectivity index (χ0v) is 22.5. The van der Waals surface area contributed by atoms with Crippen LogP contribution in [-0.2, 0) is 33.7 Å². The maximum Gasteiger partial charge on any atom is 0.410 e. The van der Waals surface area contributed by atoms with Crippen molar-refractivity contribution in [1.29, 1.82) is 0 Å². The number of rotatable bonds is 12. The van der Waals surface area contributed by atoms with E-state index in [0.717, 1.165) is 22.4 Å². The highest BCUT2D eigenvalue weighted by molar-refractivity contribution is 7.99. The molecule has 0 aliphatic carbocycles. The Labute approximate surface area is 223 Å². The summed E-state index contributed by atoms with van der Waals surface area (Å²) in [5.74, 6) is 0.922. The Balaban J connectivity index is 1.87. The topological polar surface area (TPSA) is 77.1 Å². The van der Waals surface area contributed by atoms with Gasteiger partial charge in [-0.1, -0.05) is 54.4 Å². The highest BCUT2D eigenvalue weighted by Gasteiger charge is 2.23. The highest BCUT2D eigenvalue weighted by atomic mass is 32.2. The van der Waals surface area contributed by atoms with E-state index in [1.807, 2.05) is 86.0 Å². The van der Waals surface area contributed by atoms with E-state index in [1.54, 1.807) is 11.8 Å². The van der Waals surface area contributed by atoms with Crippen LogP contribution in [0.1, 0.15) is 30.5 Å². The molecule has 3 rings (SSSR count). The highest BCUT2D eigenvalue weighted by Crippen LogP contribution is 2.31. The molecule has 3 aromatic carbocycles. The van der Waals surface area contributed by atoms with Gasteiger partial charge in [0.25, 0.3) is 0 Å². The van der Waals surface area contributed by atoms with Crippen molar-refractivity contribution in [3.8, 4) is 11.5 Å². The average Bonchev–Trinajstić information content (AvgIpc) is 2.89. The zero-order chi connectivity index (χ0) is 26.6. The number of esters is 1. The van der Waals surface area contributed by atoms with E-state index in [-0.39, 0.29) is 18.4 Å². The first-order valence-electron chi connectivity index (χ1n) is 12.2. The molecule has 0 radical (unpaired) electrons. The van der Waals surface area contributed by atoms with Crippen molar-refractivity contribution < 1.29 is 23.8 Å². The third-order valence-electron chi connectivity index (χ3n) is 5.72. The van der Waals surface area contributed by atoms with Crippen molar-refractivity contribution in [2.24, 2.45) is 0 Å². The van der Waals surface area contributed by atoms with Crippen molar-refractivity contribution in [1.82, 2.24) is 4.90 Å². The summed E-state index contributed by atoms with van der Waals surface area (Å²) >= 11 is 1.48. The fourth-order valence-electron chi connectivity index (χ4n) is 3.98. The van der Waals surface area contributed by atoms with E-state index < -0.39 is 6.09 Å². The molecular weight excluding hydrogens is 488 g/mol. The van der Waals surface area contributed by atoms with Crippen LogP contribution in [0.15, 0.2) is 72.8 Å². The Morgan fingerprint density at radius 3 is 2.46 bits per heavy atom. The fourth-order valence-corrected chi connectivity index (χ4v) is 4.34. The molecule has 1 amide bonds. The zero-order valence-electron chi connectivity index (χ0n) is 21.7. The summed E-state index contributed by atoms with van der Waals surface area (Å²) in [5, 5.41) is 0. The Morgan fingerprint density at radius 2 is 1.76 bits per heavy atom. The minimum atomic E-state index is -0.408. The van der Waals surface area contributed by atoms with Crippen LogP contribution >= 0.6 is 11.9 Å². The van der Waals surface area contributed by atoms with Crippen LogP contribution in [0.25, 0.3) is 0 Å². The van der Waals surface area contributed by atoms with Gasteiger partial charge in [0.1, 0.15) is 11.5 Å². The summed E-state index contributed by atoms with van der Waals surface area (Å²) in [5.41, 5.74) is 3.65. The molecule has 0 aliphatic rings. The second kappa shape index (κ2) is 14.2. The molecule has 0 aliphatic heterocycles. The van der Waals surface area contributed by atoms with Gasteiger partial charge in [-0.25, -0.2) is 4.79 Å². The first kappa shape index (κ1) is 27.9. The van der Waals surface area contributed by atoms with Gasteiger partial charge in [0.15, 0.2) is 0 Å². The van der Waals surface area contributed by atoms with Crippen LogP contribution in [0.4, 0.5) is 10.5 Å². The normalized spacial score (nSPS) is 11.4. The van der Waals surface area contributed by atoms with E-state index in [4.69, 9.17) is 14.2 Å². The average molecular weight is 523 g/mol. The lowest BCUT2D eigenvalue weighted by atomic mass is 10.0. The molecule has 0 unspecified atom stereocenters. The maximum atomic E-state index is 12.8. The van der Waals surface area contributed by atoms with Gasteiger partial charge in [-0.05, 0) is 61.7 Å². The van der Waals surface area contributed by atoms with E-state index in [1.165, 1.54) is 19.1 Å². The first-order valence-corrected chi connectivity index (χ1v) is 13.4. The summed E-state index contributed by atoms with van der Waals surface area (Å²) in [4.78, 5) is 26.5. The summed E-state index contributed by atoms with van der Waals surface area (Å²) in [6.45, 7) is 4.43. The van der Waals surface area contributed by atoms with E-state index in [2.05, 4.69) is 4.72 Å². The molecule has 0 bridgehead atoms. The van der Waals surface area contributed by atoms with Gasteiger partial charge in [0, 0.05) is 23.5 Å². The van der Waals surface area contributed by atoms with Gasteiger partial charge < -0.3 is 23.8 Å². The van der Waals surface area contributed by atoms with Gasteiger partial charge in [-0.15, -0.1) is 0 Å². The standard InChI is InChI=1S/C29H34N2O5S/c1-5-35-28(32)18-23-12-9-13-26(17-23)36-27-15-14-25(30-37-4)19-24(27)20-31(29(33)34-3)21(2)16-22-10-7-6-8-11-22/h6-15,17,19,21,30H,5,16,18,20H2,1-4H3/t21-/m0/s1. The molecule has 0 saturated carbocycles. The monoisotopic (exact) mass is 522 g/mol. The fraction of sp³-hybridized carbons (Fsp3) is 0.310. The summed E-state index contributed by atoms with van der Waals surface area (Å²) in [6.07, 6.45) is 2.39. The molecule has 1 N–H and O–H groups in total. The lowest BCUT2D eigenvalue weighted by molar-refractivity contribution is -0.142. The van der Waals surface area contributed by atoms with E-state index in [0.29, 0.717) is 31.1 Å². The lowest BCUT2D eigenvalue weighted by Crippen LogP contribution is -2.39. The smallest absolute Gasteiger partial charge is 0.410 e. The van der Waals surface area contributed by atoms with Crippen molar-refractivity contribution in [3.05, 3.63) is 89.5 Å².